The minimum Gasteiger partial charge on any atom is -0.361 e. The molecule has 4 heteroatoms. The lowest BCUT2D eigenvalue weighted by atomic mass is 9.87. The second kappa shape index (κ2) is 8.81. The zero-order valence-electron chi connectivity index (χ0n) is 17.0. The number of nitrogens with one attached hydrogen (secondary N) is 2. The molecule has 29 heavy (non-hydrogen) atoms. The highest BCUT2D eigenvalue weighted by molar-refractivity contribution is 5.88. The number of carbonyl (C=O) groups is 1. The fourth-order valence-electron chi connectivity index (χ4n) is 4.67. The maximum absolute atomic E-state index is 14.0. The molecule has 3 nitrogen and oxygen atoms in total. The van der Waals surface area contributed by atoms with Gasteiger partial charge in [0.2, 0.25) is 5.91 Å². The van der Waals surface area contributed by atoms with E-state index in [0.717, 1.165) is 41.3 Å². The minimum atomic E-state index is -0.269. The molecule has 1 aliphatic rings. The number of H-pyrrole nitrogens is 1. The normalized spacial score (nSPS) is 16.1. The first-order chi connectivity index (χ1) is 14.2. The highest BCUT2D eigenvalue weighted by atomic mass is 19.1. The third kappa shape index (κ3) is 4.36. The topological polar surface area (TPSA) is 44.9 Å². The van der Waals surface area contributed by atoms with E-state index in [1.165, 1.54) is 30.9 Å². The predicted octanol–water partition coefficient (Wildman–Crippen LogP) is 5.84. The fraction of sp³-hybridized carbons (Fsp3) is 0.400. The van der Waals surface area contributed by atoms with Gasteiger partial charge in [-0.25, -0.2) is 4.39 Å². The molecule has 4 rings (SSSR count). The number of rotatable bonds is 6. The molecule has 1 heterocycles. The average molecular weight is 393 g/mol. The molecule has 0 saturated heterocycles. The highest BCUT2D eigenvalue weighted by Crippen LogP contribution is 2.35. The monoisotopic (exact) mass is 392 g/mol. The van der Waals surface area contributed by atoms with Crippen molar-refractivity contribution in [2.24, 2.45) is 0 Å². The van der Waals surface area contributed by atoms with Crippen LogP contribution in [0.5, 0.6) is 0 Å². The molecule has 1 fully saturated rings. The van der Waals surface area contributed by atoms with Crippen molar-refractivity contribution in [3.05, 3.63) is 71.2 Å². The molecule has 1 saturated carbocycles. The van der Waals surface area contributed by atoms with Crippen molar-refractivity contribution >= 4 is 16.8 Å². The first kappa shape index (κ1) is 19.7. The molecule has 3 aromatic rings. The summed E-state index contributed by atoms with van der Waals surface area (Å²) in [6.07, 6.45) is 8.99. The number of para-hydroxylation sites is 1. The molecular formula is C25H29FN2O. The van der Waals surface area contributed by atoms with Gasteiger partial charge in [-0.15, -0.1) is 0 Å². The largest absolute Gasteiger partial charge is 0.361 e. The van der Waals surface area contributed by atoms with Crippen molar-refractivity contribution in [1.29, 1.82) is 0 Å². The van der Waals surface area contributed by atoms with Crippen LogP contribution < -0.4 is 5.32 Å². The molecule has 0 bridgehead atoms. The van der Waals surface area contributed by atoms with Crippen LogP contribution in [0.1, 0.15) is 68.1 Å². The first-order valence-electron chi connectivity index (χ1n) is 10.8. The quantitative estimate of drug-likeness (QED) is 0.544. The number of hydrogen-bond acceptors (Lipinski definition) is 1. The van der Waals surface area contributed by atoms with E-state index in [1.54, 1.807) is 12.1 Å². The van der Waals surface area contributed by atoms with Crippen LogP contribution in [0.2, 0.25) is 0 Å². The SMILES string of the molecule is CCc1cccc2c(C(CC(=O)NC3CCCCC3)c3cccc(F)c3)c[nH]c12. The lowest BCUT2D eigenvalue weighted by Crippen LogP contribution is -2.36. The van der Waals surface area contributed by atoms with Crippen LogP contribution in [-0.2, 0) is 11.2 Å². The standard InChI is InChI=1S/C25H29FN2O/c1-2-17-8-7-13-21-23(16-27-25(17)21)22(18-9-6-10-19(26)14-18)15-24(29)28-20-11-4-3-5-12-20/h6-10,13-14,16,20,22,27H,2-5,11-12,15H2,1H3,(H,28,29). The van der Waals surface area contributed by atoms with Crippen molar-refractivity contribution < 1.29 is 9.18 Å². The Labute approximate surface area is 171 Å². The lowest BCUT2D eigenvalue weighted by Gasteiger charge is -2.24. The van der Waals surface area contributed by atoms with Gasteiger partial charge < -0.3 is 10.3 Å². The van der Waals surface area contributed by atoms with Crippen LogP contribution in [0.15, 0.2) is 48.7 Å². The summed E-state index contributed by atoms with van der Waals surface area (Å²) >= 11 is 0. The van der Waals surface area contributed by atoms with Crippen molar-refractivity contribution in [2.45, 2.75) is 63.8 Å². The number of carbonyl (C=O) groups excluding carboxylic acids is 1. The van der Waals surface area contributed by atoms with Crippen LogP contribution >= 0.6 is 0 Å². The molecule has 1 aliphatic carbocycles. The molecule has 0 radical (unpaired) electrons. The van der Waals surface area contributed by atoms with E-state index in [9.17, 15) is 9.18 Å². The van der Waals surface area contributed by atoms with Gasteiger partial charge in [-0.3, -0.25) is 4.79 Å². The number of aryl methyl sites for hydroxylation is 1. The van der Waals surface area contributed by atoms with Crippen LogP contribution in [-0.4, -0.2) is 16.9 Å². The van der Waals surface area contributed by atoms with E-state index >= 15 is 0 Å². The molecule has 2 aromatic carbocycles. The summed E-state index contributed by atoms with van der Waals surface area (Å²) in [6, 6.07) is 13.2. The Kier molecular flexibility index (Phi) is 5.98. The third-order valence-corrected chi connectivity index (χ3v) is 6.20. The van der Waals surface area contributed by atoms with E-state index in [-0.39, 0.29) is 23.7 Å². The Hall–Kier alpha value is -2.62. The summed E-state index contributed by atoms with van der Waals surface area (Å²) in [5.41, 5.74) is 4.25. The van der Waals surface area contributed by atoms with Gasteiger partial charge in [0.05, 0.1) is 0 Å². The van der Waals surface area contributed by atoms with Gasteiger partial charge >= 0.3 is 0 Å². The van der Waals surface area contributed by atoms with Gasteiger partial charge in [0, 0.05) is 35.5 Å². The number of fused-ring (bicyclic) bond motifs is 1. The van der Waals surface area contributed by atoms with Gasteiger partial charge in [0.25, 0.3) is 0 Å². The molecule has 1 unspecified atom stereocenters. The van der Waals surface area contributed by atoms with Gasteiger partial charge in [0.15, 0.2) is 0 Å². The summed E-state index contributed by atoms with van der Waals surface area (Å²) in [6.45, 7) is 2.14. The maximum Gasteiger partial charge on any atom is 0.221 e. The van der Waals surface area contributed by atoms with Crippen LogP contribution in [0, 0.1) is 5.82 Å². The van der Waals surface area contributed by atoms with Gasteiger partial charge in [0.1, 0.15) is 5.82 Å². The Balaban J connectivity index is 1.67. The molecule has 2 N–H and O–H groups in total. The van der Waals surface area contributed by atoms with Crippen molar-refractivity contribution in [3.63, 3.8) is 0 Å². The number of aromatic nitrogens is 1. The number of aromatic amines is 1. The molecular weight excluding hydrogens is 363 g/mol. The van der Waals surface area contributed by atoms with E-state index < -0.39 is 0 Å². The molecule has 1 atom stereocenters. The smallest absolute Gasteiger partial charge is 0.221 e. The van der Waals surface area contributed by atoms with Gasteiger partial charge in [-0.1, -0.05) is 56.5 Å². The Bertz CT molecular complexity index is 987. The minimum absolute atomic E-state index is 0.0483. The summed E-state index contributed by atoms with van der Waals surface area (Å²) in [5, 5.41) is 4.34. The number of benzene rings is 2. The summed E-state index contributed by atoms with van der Waals surface area (Å²) in [7, 11) is 0. The van der Waals surface area contributed by atoms with Gasteiger partial charge in [-0.2, -0.15) is 0 Å². The Morgan fingerprint density at radius 3 is 2.72 bits per heavy atom. The third-order valence-electron chi connectivity index (χ3n) is 6.20. The van der Waals surface area contributed by atoms with Crippen molar-refractivity contribution in [1.82, 2.24) is 10.3 Å². The number of hydrogen-bond donors (Lipinski definition) is 2. The van der Waals surface area contributed by atoms with Crippen LogP contribution in [0.4, 0.5) is 4.39 Å². The second-order valence-corrected chi connectivity index (χ2v) is 8.15. The Morgan fingerprint density at radius 2 is 1.97 bits per heavy atom. The van der Waals surface area contributed by atoms with E-state index in [1.807, 2.05) is 12.3 Å². The fourth-order valence-corrected chi connectivity index (χ4v) is 4.67. The molecule has 1 amide bonds. The second-order valence-electron chi connectivity index (χ2n) is 8.15. The lowest BCUT2D eigenvalue weighted by molar-refractivity contribution is -0.122. The van der Waals surface area contributed by atoms with E-state index in [2.05, 4.69) is 35.4 Å². The summed E-state index contributed by atoms with van der Waals surface area (Å²) in [5.74, 6) is -0.406. The van der Waals surface area contributed by atoms with Crippen molar-refractivity contribution in [3.8, 4) is 0 Å². The highest BCUT2D eigenvalue weighted by Gasteiger charge is 2.24. The van der Waals surface area contributed by atoms with E-state index in [4.69, 9.17) is 0 Å². The number of halogens is 1. The summed E-state index contributed by atoms with van der Waals surface area (Å²) in [4.78, 5) is 16.3. The molecule has 1 aromatic heterocycles. The zero-order chi connectivity index (χ0) is 20.2. The number of amides is 1. The zero-order valence-corrected chi connectivity index (χ0v) is 17.0. The first-order valence-corrected chi connectivity index (χ1v) is 10.8. The predicted molar refractivity (Wildman–Crippen MR) is 116 cm³/mol. The molecule has 0 aliphatic heterocycles. The van der Waals surface area contributed by atoms with Crippen LogP contribution in [0.25, 0.3) is 10.9 Å². The van der Waals surface area contributed by atoms with E-state index in [0.29, 0.717) is 6.42 Å². The maximum atomic E-state index is 14.0. The van der Waals surface area contributed by atoms with Gasteiger partial charge in [-0.05, 0) is 48.1 Å². The average Bonchev–Trinajstić information content (AvgIpc) is 3.17. The molecule has 0 spiro atoms. The molecule has 152 valence electrons. The van der Waals surface area contributed by atoms with Crippen molar-refractivity contribution in [2.75, 3.05) is 0 Å². The van der Waals surface area contributed by atoms with Crippen LogP contribution in [0.3, 0.4) is 0 Å². The summed E-state index contributed by atoms with van der Waals surface area (Å²) < 4.78 is 14.0. The Morgan fingerprint density at radius 1 is 1.17 bits per heavy atom.